The fraction of sp³-hybridized carbons (Fsp3) is 0.118. The summed E-state index contributed by atoms with van der Waals surface area (Å²) in [6, 6.07) is 14.2. The zero-order chi connectivity index (χ0) is 16.1. The van der Waals surface area contributed by atoms with Crippen LogP contribution in [-0.4, -0.2) is 6.09 Å². The molecule has 1 amide bonds. The van der Waals surface area contributed by atoms with Gasteiger partial charge >= 0.3 is 6.09 Å². The molecule has 0 aliphatic heterocycles. The number of hydrogen-bond acceptors (Lipinski definition) is 2. The SMILES string of the molecule is CC(C)=C(NC(=O)Oc1ccc(Cl)cc1Cl)c1ccccc1. The van der Waals surface area contributed by atoms with E-state index in [1.54, 1.807) is 12.1 Å². The van der Waals surface area contributed by atoms with E-state index in [-0.39, 0.29) is 10.8 Å². The van der Waals surface area contributed by atoms with Crippen molar-refractivity contribution in [2.24, 2.45) is 0 Å². The van der Waals surface area contributed by atoms with E-state index in [0.29, 0.717) is 10.7 Å². The molecule has 0 saturated heterocycles. The molecule has 0 saturated carbocycles. The Hall–Kier alpha value is -1.97. The van der Waals surface area contributed by atoms with Gasteiger partial charge in [-0.25, -0.2) is 4.79 Å². The largest absolute Gasteiger partial charge is 0.417 e. The van der Waals surface area contributed by atoms with Crippen LogP contribution >= 0.6 is 23.2 Å². The van der Waals surface area contributed by atoms with E-state index >= 15 is 0 Å². The molecule has 0 bridgehead atoms. The molecule has 0 radical (unpaired) electrons. The van der Waals surface area contributed by atoms with Crippen molar-refractivity contribution in [2.75, 3.05) is 0 Å². The maximum atomic E-state index is 12.1. The van der Waals surface area contributed by atoms with Crippen molar-refractivity contribution in [2.45, 2.75) is 13.8 Å². The minimum atomic E-state index is -0.607. The predicted molar refractivity (Wildman–Crippen MR) is 90.3 cm³/mol. The molecule has 3 nitrogen and oxygen atoms in total. The lowest BCUT2D eigenvalue weighted by Gasteiger charge is -2.13. The van der Waals surface area contributed by atoms with E-state index in [4.69, 9.17) is 27.9 Å². The van der Waals surface area contributed by atoms with Gasteiger partial charge in [-0.05, 0) is 37.6 Å². The summed E-state index contributed by atoms with van der Waals surface area (Å²) in [5.74, 6) is 0.254. The van der Waals surface area contributed by atoms with Gasteiger partial charge in [0.1, 0.15) is 0 Å². The second kappa shape index (κ2) is 7.34. The Labute approximate surface area is 139 Å². The zero-order valence-electron chi connectivity index (χ0n) is 12.2. The normalized spacial score (nSPS) is 10.0. The van der Waals surface area contributed by atoms with Gasteiger partial charge in [-0.2, -0.15) is 0 Å². The Balaban J connectivity index is 2.15. The van der Waals surface area contributed by atoms with Crippen LogP contribution in [0.25, 0.3) is 5.70 Å². The number of nitrogens with one attached hydrogen (secondary N) is 1. The molecule has 0 heterocycles. The predicted octanol–water partition coefficient (Wildman–Crippen LogP) is 5.53. The third kappa shape index (κ3) is 4.26. The molecule has 0 unspecified atom stereocenters. The average molecular weight is 336 g/mol. The van der Waals surface area contributed by atoms with Gasteiger partial charge < -0.3 is 4.74 Å². The Kier molecular flexibility index (Phi) is 5.47. The van der Waals surface area contributed by atoms with Crippen LogP contribution in [0.15, 0.2) is 54.1 Å². The van der Waals surface area contributed by atoms with Gasteiger partial charge in [0.2, 0.25) is 0 Å². The van der Waals surface area contributed by atoms with E-state index in [1.807, 2.05) is 44.2 Å². The van der Waals surface area contributed by atoms with E-state index < -0.39 is 6.09 Å². The quantitative estimate of drug-likeness (QED) is 0.800. The Morgan fingerprint density at radius 1 is 1.05 bits per heavy atom. The zero-order valence-corrected chi connectivity index (χ0v) is 13.7. The van der Waals surface area contributed by atoms with Crippen LogP contribution in [-0.2, 0) is 0 Å². The van der Waals surface area contributed by atoms with E-state index in [0.717, 1.165) is 11.1 Å². The standard InChI is InChI=1S/C17H15Cl2NO2/c1-11(2)16(12-6-4-3-5-7-12)20-17(21)22-15-9-8-13(18)10-14(15)19/h3-10H,1-2H3,(H,20,21). The number of allylic oxidation sites excluding steroid dienone is 1. The molecule has 2 rings (SSSR count). The van der Waals surface area contributed by atoms with Crippen molar-refractivity contribution < 1.29 is 9.53 Å². The van der Waals surface area contributed by atoms with Crippen molar-refractivity contribution in [1.82, 2.24) is 5.32 Å². The number of carbonyl (C=O) groups is 1. The highest BCUT2D eigenvalue weighted by Gasteiger charge is 2.12. The lowest BCUT2D eigenvalue weighted by molar-refractivity contribution is 0.205. The molecule has 0 aliphatic rings. The minimum absolute atomic E-state index is 0.254. The van der Waals surface area contributed by atoms with E-state index in [2.05, 4.69) is 5.32 Å². The van der Waals surface area contributed by atoms with Gasteiger partial charge in [0.25, 0.3) is 0 Å². The number of amides is 1. The van der Waals surface area contributed by atoms with Crippen LogP contribution in [0.5, 0.6) is 5.75 Å². The highest BCUT2D eigenvalue weighted by atomic mass is 35.5. The molecule has 5 heteroatoms. The average Bonchev–Trinajstić information content (AvgIpc) is 2.48. The first-order valence-corrected chi connectivity index (χ1v) is 7.39. The van der Waals surface area contributed by atoms with E-state index in [1.165, 1.54) is 6.07 Å². The number of benzene rings is 2. The van der Waals surface area contributed by atoms with Crippen LogP contribution < -0.4 is 10.1 Å². The first-order chi connectivity index (χ1) is 10.5. The van der Waals surface area contributed by atoms with Gasteiger partial charge in [-0.1, -0.05) is 59.1 Å². The van der Waals surface area contributed by atoms with Gasteiger partial charge in [-0.15, -0.1) is 0 Å². The highest BCUT2D eigenvalue weighted by molar-refractivity contribution is 6.35. The van der Waals surface area contributed by atoms with Gasteiger partial charge in [-0.3, -0.25) is 5.32 Å². The fourth-order valence-electron chi connectivity index (χ4n) is 1.88. The third-order valence-corrected chi connectivity index (χ3v) is 3.42. The molecule has 0 spiro atoms. The summed E-state index contributed by atoms with van der Waals surface area (Å²) in [6.45, 7) is 3.83. The minimum Gasteiger partial charge on any atom is -0.409 e. The van der Waals surface area contributed by atoms with Crippen LogP contribution in [0.4, 0.5) is 4.79 Å². The summed E-state index contributed by atoms with van der Waals surface area (Å²) in [7, 11) is 0. The Bertz CT molecular complexity index is 708. The lowest BCUT2D eigenvalue weighted by Crippen LogP contribution is -2.26. The number of carbonyl (C=O) groups excluding carboxylic acids is 1. The summed E-state index contributed by atoms with van der Waals surface area (Å²) in [5, 5.41) is 3.51. The molecule has 1 N–H and O–H groups in total. The summed E-state index contributed by atoms with van der Waals surface area (Å²) >= 11 is 11.8. The first-order valence-electron chi connectivity index (χ1n) is 6.64. The number of hydrogen-bond donors (Lipinski definition) is 1. The summed E-state index contributed by atoms with van der Waals surface area (Å²) in [4.78, 5) is 12.1. The molecule has 22 heavy (non-hydrogen) atoms. The summed E-state index contributed by atoms with van der Waals surface area (Å²) in [5.41, 5.74) is 2.57. The monoisotopic (exact) mass is 335 g/mol. The van der Waals surface area contributed by atoms with Crippen molar-refractivity contribution in [1.29, 1.82) is 0 Å². The van der Waals surface area contributed by atoms with Gasteiger partial charge in [0.15, 0.2) is 5.75 Å². The van der Waals surface area contributed by atoms with Gasteiger partial charge in [0.05, 0.1) is 5.02 Å². The maximum absolute atomic E-state index is 12.1. The summed E-state index contributed by atoms with van der Waals surface area (Å²) in [6.07, 6.45) is -0.607. The molecular formula is C17H15Cl2NO2. The molecular weight excluding hydrogens is 321 g/mol. The number of rotatable bonds is 3. The van der Waals surface area contributed by atoms with Crippen LogP contribution in [0.1, 0.15) is 19.4 Å². The van der Waals surface area contributed by atoms with Crippen LogP contribution in [0, 0.1) is 0 Å². The molecule has 114 valence electrons. The molecule has 0 aliphatic carbocycles. The Morgan fingerprint density at radius 2 is 1.73 bits per heavy atom. The van der Waals surface area contributed by atoms with Crippen molar-refractivity contribution in [3.8, 4) is 5.75 Å². The molecule has 0 aromatic heterocycles. The number of ether oxygens (including phenoxy) is 1. The van der Waals surface area contributed by atoms with Gasteiger partial charge in [0, 0.05) is 10.7 Å². The third-order valence-electron chi connectivity index (χ3n) is 2.89. The smallest absolute Gasteiger partial charge is 0.409 e. The van der Waals surface area contributed by atoms with Crippen molar-refractivity contribution in [3.63, 3.8) is 0 Å². The topological polar surface area (TPSA) is 38.3 Å². The second-order valence-corrected chi connectivity index (χ2v) is 5.67. The van der Waals surface area contributed by atoms with Crippen molar-refractivity contribution >= 4 is 35.0 Å². The maximum Gasteiger partial charge on any atom is 0.417 e. The molecule has 0 fully saturated rings. The van der Waals surface area contributed by atoms with Crippen molar-refractivity contribution in [3.05, 3.63) is 69.7 Å². The lowest BCUT2D eigenvalue weighted by atomic mass is 10.1. The van der Waals surface area contributed by atoms with Crippen LogP contribution in [0.3, 0.4) is 0 Å². The molecule has 2 aromatic carbocycles. The fourth-order valence-corrected chi connectivity index (χ4v) is 2.32. The summed E-state index contributed by atoms with van der Waals surface area (Å²) < 4.78 is 5.23. The second-order valence-electron chi connectivity index (χ2n) is 4.83. The molecule has 2 aromatic rings. The number of halogens is 2. The highest BCUT2D eigenvalue weighted by Crippen LogP contribution is 2.27. The first kappa shape index (κ1) is 16.4. The molecule has 0 atom stereocenters. The van der Waals surface area contributed by atoms with E-state index in [9.17, 15) is 4.79 Å². The Morgan fingerprint density at radius 3 is 2.32 bits per heavy atom. The van der Waals surface area contributed by atoms with Crippen LogP contribution in [0.2, 0.25) is 10.0 Å².